The predicted molar refractivity (Wildman–Crippen MR) is 68.6 cm³/mol. The van der Waals surface area contributed by atoms with Crippen LogP contribution in [0.2, 0.25) is 0 Å². The summed E-state index contributed by atoms with van der Waals surface area (Å²) in [6.07, 6.45) is 5.02. The van der Waals surface area contributed by atoms with Gasteiger partial charge in [-0.15, -0.1) is 5.10 Å². The summed E-state index contributed by atoms with van der Waals surface area (Å²) >= 11 is 0. The van der Waals surface area contributed by atoms with Crippen molar-refractivity contribution in [2.75, 3.05) is 0 Å². The summed E-state index contributed by atoms with van der Waals surface area (Å²) in [7, 11) is 1.81. The highest BCUT2D eigenvalue weighted by Gasteiger charge is 2.42. The van der Waals surface area contributed by atoms with Crippen LogP contribution in [0.5, 0.6) is 0 Å². The lowest BCUT2D eigenvalue weighted by Crippen LogP contribution is -2.33. The van der Waals surface area contributed by atoms with E-state index in [1.54, 1.807) is 15.6 Å². The van der Waals surface area contributed by atoms with E-state index in [-0.39, 0.29) is 0 Å². The zero-order valence-corrected chi connectivity index (χ0v) is 11.2. The van der Waals surface area contributed by atoms with E-state index in [0.717, 1.165) is 12.8 Å². The summed E-state index contributed by atoms with van der Waals surface area (Å²) in [5.41, 5.74) is -0.102. The fourth-order valence-corrected chi connectivity index (χ4v) is 2.81. The summed E-state index contributed by atoms with van der Waals surface area (Å²) in [4.78, 5) is 11.6. The second-order valence-corrected chi connectivity index (χ2v) is 5.33. The average Bonchev–Trinajstić information content (AvgIpc) is 3.10. The van der Waals surface area contributed by atoms with Crippen LogP contribution < -0.4 is 0 Å². The number of nitrogens with zero attached hydrogens (tertiary/aromatic N) is 6. The lowest BCUT2D eigenvalue weighted by Gasteiger charge is -2.23. The van der Waals surface area contributed by atoms with Gasteiger partial charge in [-0.2, -0.15) is 5.10 Å². The summed E-state index contributed by atoms with van der Waals surface area (Å²) in [6, 6.07) is 1.81. The van der Waals surface area contributed by atoms with Crippen molar-refractivity contribution >= 4 is 5.97 Å². The maximum Gasteiger partial charge on any atom is 0.311 e. The minimum absolute atomic E-state index is 0.293. The molecule has 8 heteroatoms. The van der Waals surface area contributed by atoms with Gasteiger partial charge in [0.05, 0.1) is 12.0 Å². The van der Waals surface area contributed by atoms with Crippen LogP contribution in [0.15, 0.2) is 12.3 Å². The molecule has 2 aromatic heterocycles. The lowest BCUT2D eigenvalue weighted by atomic mass is 9.86. The molecule has 20 heavy (non-hydrogen) atoms. The van der Waals surface area contributed by atoms with E-state index in [1.807, 2.05) is 13.1 Å². The molecular weight excluding hydrogens is 260 g/mol. The fraction of sp³-hybridized carbons (Fsp3) is 0.583. The number of carboxylic acid groups (broad SMARTS) is 1. The molecule has 1 aliphatic rings. The van der Waals surface area contributed by atoms with E-state index in [9.17, 15) is 9.90 Å². The van der Waals surface area contributed by atoms with Gasteiger partial charge in [0.25, 0.3) is 0 Å². The maximum absolute atomic E-state index is 11.6. The number of tetrazole rings is 1. The Morgan fingerprint density at radius 3 is 2.80 bits per heavy atom. The number of hydrogen-bond donors (Lipinski definition) is 1. The van der Waals surface area contributed by atoms with Crippen molar-refractivity contribution in [2.45, 2.75) is 32.2 Å². The minimum atomic E-state index is -0.766. The van der Waals surface area contributed by atoms with Gasteiger partial charge in [0.2, 0.25) is 5.82 Å². The summed E-state index contributed by atoms with van der Waals surface area (Å²) in [5.74, 6) is -0.254. The van der Waals surface area contributed by atoms with Crippen LogP contribution in [0.3, 0.4) is 0 Å². The van der Waals surface area contributed by atoms with E-state index in [1.165, 1.54) is 0 Å². The van der Waals surface area contributed by atoms with Crippen molar-refractivity contribution in [2.24, 2.45) is 12.5 Å². The highest BCUT2D eigenvalue weighted by atomic mass is 16.4. The van der Waals surface area contributed by atoms with Gasteiger partial charge in [0, 0.05) is 13.2 Å². The molecule has 1 saturated carbocycles. The van der Waals surface area contributed by atoms with Crippen LogP contribution in [0.4, 0.5) is 0 Å². The van der Waals surface area contributed by atoms with E-state index >= 15 is 0 Å². The van der Waals surface area contributed by atoms with E-state index in [0.29, 0.717) is 30.9 Å². The first-order valence-electron chi connectivity index (χ1n) is 6.60. The number of carboxylic acids is 1. The topological polar surface area (TPSA) is 98.7 Å². The zero-order chi connectivity index (χ0) is 14.2. The number of hydrogen-bond acceptors (Lipinski definition) is 5. The number of aliphatic carboxylic acids is 1. The summed E-state index contributed by atoms with van der Waals surface area (Å²) in [5, 5.41) is 25.4. The average molecular weight is 276 g/mol. The van der Waals surface area contributed by atoms with Gasteiger partial charge in [0.1, 0.15) is 5.69 Å². The molecule has 1 fully saturated rings. The van der Waals surface area contributed by atoms with E-state index in [4.69, 9.17) is 0 Å². The molecule has 1 aliphatic carbocycles. The van der Waals surface area contributed by atoms with Gasteiger partial charge in [-0.25, -0.2) is 4.68 Å². The molecule has 0 aliphatic heterocycles. The molecule has 0 amide bonds. The molecule has 0 spiro atoms. The third-order valence-electron chi connectivity index (χ3n) is 3.94. The van der Waals surface area contributed by atoms with Crippen LogP contribution in [0, 0.1) is 5.41 Å². The van der Waals surface area contributed by atoms with Crippen molar-refractivity contribution in [1.29, 1.82) is 0 Å². The molecule has 2 aromatic rings. The molecule has 0 unspecified atom stereocenters. The quantitative estimate of drug-likeness (QED) is 0.883. The molecule has 0 bridgehead atoms. The second-order valence-electron chi connectivity index (χ2n) is 5.33. The third kappa shape index (κ3) is 2.06. The predicted octanol–water partition coefficient (Wildman–Crippen LogP) is 0.719. The highest BCUT2D eigenvalue weighted by Crippen LogP contribution is 2.40. The Morgan fingerprint density at radius 1 is 1.45 bits per heavy atom. The SMILES string of the molecule is Cn1ccc(-c2nnnn2CC2(C(=O)O)CCCC2)n1. The first-order valence-corrected chi connectivity index (χ1v) is 6.60. The molecule has 1 N–H and O–H groups in total. The van der Waals surface area contributed by atoms with Crippen LogP contribution in [-0.2, 0) is 18.4 Å². The maximum atomic E-state index is 11.6. The molecular formula is C12H16N6O2. The summed E-state index contributed by atoms with van der Waals surface area (Å²) < 4.78 is 3.22. The van der Waals surface area contributed by atoms with Gasteiger partial charge >= 0.3 is 5.97 Å². The normalized spacial score (nSPS) is 17.4. The van der Waals surface area contributed by atoms with Gasteiger partial charge in [-0.1, -0.05) is 12.8 Å². The Bertz CT molecular complexity index is 625. The van der Waals surface area contributed by atoms with Gasteiger partial charge < -0.3 is 5.11 Å². The van der Waals surface area contributed by atoms with Gasteiger partial charge in [-0.05, 0) is 29.3 Å². The van der Waals surface area contributed by atoms with Crippen LogP contribution in [0.25, 0.3) is 11.5 Å². The standard InChI is InChI=1S/C12H16N6O2/c1-17-7-4-9(14-17)10-13-15-16-18(10)8-12(11(19)20)5-2-3-6-12/h4,7H,2-3,5-6,8H2,1H3,(H,19,20). The van der Waals surface area contributed by atoms with E-state index < -0.39 is 11.4 Å². The second kappa shape index (κ2) is 4.69. The Kier molecular flexibility index (Phi) is 3.00. The van der Waals surface area contributed by atoms with E-state index in [2.05, 4.69) is 20.6 Å². The number of aryl methyl sites for hydroxylation is 1. The first-order chi connectivity index (χ1) is 9.61. The highest BCUT2D eigenvalue weighted by molar-refractivity contribution is 5.75. The Balaban J connectivity index is 1.92. The van der Waals surface area contributed by atoms with Crippen LogP contribution in [0.1, 0.15) is 25.7 Å². The molecule has 0 aromatic carbocycles. The smallest absolute Gasteiger partial charge is 0.311 e. The molecule has 0 radical (unpaired) electrons. The number of aromatic nitrogens is 6. The van der Waals surface area contributed by atoms with Crippen molar-refractivity contribution in [3.05, 3.63) is 12.3 Å². The Labute approximate surface area is 115 Å². The first kappa shape index (κ1) is 12.8. The largest absolute Gasteiger partial charge is 0.481 e. The molecule has 8 nitrogen and oxygen atoms in total. The number of carbonyl (C=O) groups is 1. The van der Waals surface area contributed by atoms with Crippen molar-refractivity contribution in [3.63, 3.8) is 0 Å². The Hall–Kier alpha value is -2.25. The molecule has 0 atom stereocenters. The Morgan fingerprint density at radius 2 is 2.20 bits per heavy atom. The van der Waals surface area contributed by atoms with Gasteiger partial charge in [-0.3, -0.25) is 9.48 Å². The summed E-state index contributed by atoms with van der Waals surface area (Å²) in [6.45, 7) is 0.293. The van der Waals surface area contributed by atoms with Crippen molar-refractivity contribution < 1.29 is 9.90 Å². The monoisotopic (exact) mass is 276 g/mol. The third-order valence-corrected chi connectivity index (χ3v) is 3.94. The van der Waals surface area contributed by atoms with Crippen LogP contribution in [-0.4, -0.2) is 41.1 Å². The van der Waals surface area contributed by atoms with Crippen molar-refractivity contribution in [3.8, 4) is 11.5 Å². The number of rotatable bonds is 4. The van der Waals surface area contributed by atoms with Crippen molar-refractivity contribution in [1.82, 2.24) is 30.0 Å². The van der Waals surface area contributed by atoms with Crippen LogP contribution >= 0.6 is 0 Å². The molecule has 2 heterocycles. The fourth-order valence-electron chi connectivity index (χ4n) is 2.81. The zero-order valence-electron chi connectivity index (χ0n) is 11.2. The minimum Gasteiger partial charge on any atom is -0.481 e. The van der Waals surface area contributed by atoms with Gasteiger partial charge in [0.15, 0.2) is 0 Å². The molecule has 3 rings (SSSR count). The molecule has 106 valence electrons. The lowest BCUT2D eigenvalue weighted by molar-refractivity contribution is -0.149. The molecule has 0 saturated heterocycles.